The van der Waals surface area contributed by atoms with Gasteiger partial charge in [-0.25, -0.2) is 0 Å². The van der Waals surface area contributed by atoms with Crippen molar-refractivity contribution in [1.82, 2.24) is 4.98 Å². The van der Waals surface area contributed by atoms with E-state index in [0.29, 0.717) is 0 Å². The summed E-state index contributed by atoms with van der Waals surface area (Å²) in [6, 6.07) is 1.96. The van der Waals surface area contributed by atoms with Gasteiger partial charge in [-0.2, -0.15) is 0 Å². The van der Waals surface area contributed by atoms with Gasteiger partial charge in [-0.05, 0) is 30.4 Å². The zero-order valence-corrected chi connectivity index (χ0v) is 10.1. The third-order valence-electron chi connectivity index (χ3n) is 3.11. The molecule has 1 nitrogen and oxygen atoms in total. The van der Waals surface area contributed by atoms with Crippen molar-refractivity contribution < 1.29 is 0 Å². The highest BCUT2D eigenvalue weighted by atomic mass is 35.5. The molecule has 0 aliphatic heterocycles. The van der Waals surface area contributed by atoms with Gasteiger partial charge >= 0.3 is 0 Å². The molecule has 1 heterocycles. The monoisotopic (exact) mass is 243 g/mol. The highest BCUT2D eigenvalue weighted by Crippen LogP contribution is 2.33. The average Bonchev–Trinajstić information content (AvgIpc) is 2.16. The number of alkyl halides is 1. The summed E-state index contributed by atoms with van der Waals surface area (Å²) in [4.78, 5) is 3.97. The molecule has 0 amide bonds. The van der Waals surface area contributed by atoms with Crippen molar-refractivity contribution in [2.24, 2.45) is 5.92 Å². The minimum atomic E-state index is 0.218. The van der Waals surface area contributed by atoms with E-state index >= 15 is 0 Å². The second-order valence-electron chi connectivity index (χ2n) is 4.30. The number of pyridine rings is 1. The lowest BCUT2D eigenvalue weighted by Gasteiger charge is -2.27. The Bertz CT molecular complexity index is 323. The predicted molar refractivity (Wildman–Crippen MR) is 64.6 cm³/mol. The fraction of sp³-hybridized carbons (Fsp3) is 0.583. The molecule has 0 aromatic carbocycles. The Balaban J connectivity index is 1.87. The van der Waals surface area contributed by atoms with Crippen LogP contribution in [0, 0.1) is 5.92 Å². The Morgan fingerprint density at radius 1 is 1.47 bits per heavy atom. The van der Waals surface area contributed by atoms with E-state index in [4.69, 9.17) is 23.2 Å². The van der Waals surface area contributed by atoms with E-state index in [1.165, 1.54) is 19.3 Å². The van der Waals surface area contributed by atoms with Gasteiger partial charge in [0.25, 0.3) is 0 Å². The minimum absolute atomic E-state index is 0.218. The molecule has 0 spiro atoms. The summed E-state index contributed by atoms with van der Waals surface area (Å²) in [5.41, 5.74) is 1.12. The number of hydrogen-bond donors (Lipinski definition) is 0. The number of hydrogen-bond acceptors (Lipinski definition) is 1. The van der Waals surface area contributed by atoms with Crippen molar-refractivity contribution in [3.63, 3.8) is 0 Å². The first-order valence-electron chi connectivity index (χ1n) is 5.48. The van der Waals surface area contributed by atoms with Crippen molar-refractivity contribution >= 4 is 23.2 Å². The first-order chi connectivity index (χ1) is 7.25. The molecule has 1 fully saturated rings. The first kappa shape index (κ1) is 11.2. The highest BCUT2D eigenvalue weighted by molar-refractivity contribution is 6.31. The maximum Gasteiger partial charge on any atom is 0.0621 e. The third-order valence-corrected chi connectivity index (χ3v) is 3.78. The van der Waals surface area contributed by atoms with Crippen LogP contribution in [-0.4, -0.2) is 10.4 Å². The Morgan fingerprint density at radius 2 is 2.27 bits per heavy atom. The first-order valence-corrected chi connectivity index (χ1v) is 6.29. The van der Waals surface area contributed by atoms with E-state index in [1.54, 1.807) is 12.4 Å². The Morgan fingerprint density at radius 3 is 2.87 bits per heavy atom. The molecule has 2 rings (SSSR count). The predicted octanol–water partition coefficient (Wildman–Crippen LogP) is 4.08. The molecule has 0 saturated heterocycles. The Hall–Kier alpha value is -0.270. The quantitative estimate of drug-likeness (QED) is 0.727. The van der Waals surface area contributed by atoms with E-state index in [2.05, 4.69) is 4.98 Å². The van der Waals surface area contributed by atoms with Gasteiger partial charge in [0.15, 0.2) is 0 Å². The van der Waals surface area contributed by atoms with E-state index in [1.807, 2.05) is 6.07 Å². The van der Waals surface area contributed by atoms with Crippen molar-refractivity contribution in [3.8, 4) is 0 Å². The standard InChI is InChI=1S/C12H15Cl2N/c13-11(6-9-2-1-3-9)7-10-4-5-15-8-12(10)14/h4-5,8-9,11H,1-3,6-7H2. The summed E-state index contributed by atoms with van der Waals surface area (Å²) < 4.78 is 0. The van der Waals surface area contributed by atoms with Crippen LogP contribution in [0.1, 0.15) is 31.2 Å². The molecule has 1 aliphatic carbocycles. The molecule has 1 aromatic rings. The second kappa shape index (κ2) is 5.18. The van der Waals surface area contributed by atoms with Crippen molar-refractivity contribution in [3.05, 3.63) is 29.0 Å². The number of halogens is 2. The zero-order valence-electron chi connectivity index (χ0n) is 8.63. The molecule has 0 N–H and O–H groups in total. The smallest absolute Gasteiger partial charge is 0.0621 e. The zero-order chi connectivity index (χ0) is 10.7. The van der Waals surface area contributed by atoms with E-state index < -0.39 is 0 Å². The molecule has 82 valence electrons. The fourth-order valence-electron chi connectivity index (χ4n) is 1.98. The summed E-state index contributed by atoms with van der Waals surface area (Å²) in [5.74, 6) is 0.855. The summed E-state index contributed by atoms with van der Waals surface area (Å²) in [7, 11) is 0. The third kappa shape index (κ3) is 3.09. The largest absolute Gasteiger partial charge is 0.263 e. The van der Waals surface area contributed by atoms with Crippen LogP contribution < -0.4 is 0 Å². The molecule has 0 radical (unpaired) electrons. The molecular weight excluding hydrogens is 229 g/mol. The van der Waals surface area contributed by atoms with E-state index in [-0.39, 0.29) is 5.38 Å². The summed E-state index contributed by atoms with van der Waals surface area (Å²) >= 11 is 12.3. The van der Waals surface area contributed by atoms with Crippen LogP contribution in [0.2, 0.25) is 5.02 Å². The Labute approximate surface area is 101 Å². The summed E-state index contributed by atoms with van der Waals surface area (Å²) in [6.45, 7) is 0. The lowest BCUT2D eigenvalue weighted by Crippen LogP contribution is -2.17. The van der Waals surface area contributed by atoms with E-state index in [9.17, 15) is 0 Å². The van der Waals surface area contributed by atoms with Crippen molar-refractivity contribution in [2.45, 2.75) is 37.5 Å². The topological polar surface area (TPSA) is 12.9 Å². The molecule has 15 heavy (non-hydrogen) atoms. The molecule has 1 aromatic heterocycles. The van der Waals surface area contributed by atoms with Gasteiger partial charge in [-0.15, -0.1) is 11.6 Å². The van der Waals surface area contributed by atoms with Gasteiger partial charge in [-0.3, -0.25) is 4.98 Å². The molecule has 1 aliphatic rings. The van der Waals surface area contributed by atoms with Crippen LogP contribution in [-0.2, 0) is 6.42 Å². The van der Waals surface area contributed by atoms with Gasteiger partial charge in [0.05, 0.1) is 5.02 Å². The lowest BCUT2D eigenvalue weighted by molar-refractivity contribution is 0.292. The molecule has 0 bridgehead atoms. The maximum atomic E-state index is 6.32. The van der Waals surface area contributed by atoms with E-state index in [0.717, 1.165) is 29.3 Å². The summed E-state index contributed by atoms with van der Waals surface area (Å²) in [6.07, 6.45) is 9.53. The van der Waals surface area contributed by atoms with Crippen LogP contribution in [0.3, 0.4) is 0 Å². The molecule has 1 unspecified atom stereocenters. The molecule has 1 saturated carbocycles. The molecular formula is C12H15Cl2N. The second-order valence-corrected chi connectivity index (χ2v) is 5.33. The van der Waals surface area contributed by atoms with Gasteiger partial charge < -0.3 is 0 Å². The van der Waals surface area contributed by atoms with Crippen molar-refractivity contribution in [1.29, 1.82) is 0 Å². The van der Waals surface area contributed by atoms with Crippen LogP contribution in [0.15, 0.2) is 18.5 Å². The highest BCUT2D eigenvalue weighted by Gasteiger charge is 2.21. The number of rotatable bonds is 4. The Kier molecular flexibility index (Phi) is 3.87. The summed E-state index contributed by atoms with van der Waals surface area (Å²) in [5, 5.41) is 0.951. The number of nitrogens with zero attached hydrogens (tertiary/aromatic N) is 1. The molecule has 3 heteroatoms. The van der Waals surface area contributed by atoms with Gasteiger partial charge in [-0.1, -0.05) is 30.9 Å². The maximum absolute atomic E-state index is 6.32. The van der Waals surface area contributed by atoms with Crippen LogP contribution >= 0.6 is 23.2 Å². The normalized spacial score (nSPS) is 18.5. The van der Waals surface area contributed by atoms with Crippen molar-refractivity contribution in [2.75, 3.05) is 0 Å². The van der Waals surface area contributed by atoms with Gasteiger partial charge in [0.2, 0.25) is 0 Å². The SMILES string of the molecule is Clc1cnccc1CC(Cl)CC1CCC1. The van der Waals surface area contributed by atoms with Crippen LogP contribution in [0.25, 0.3) is 0 Å². The minimum Gasteiger partial charge on any atom is -0.263 e. The number of aromatic nitrogens is 1. The lowest BCUT2D eigenvalue weighted by atomic mass is 9.81. The van der Waals surface area contributed by atoms with Gasteiger partial charge in [0.1, 0.15) is 0 Å². The van der Waals surface area contributed by atoms with Crippen LogP contribution in [0.4, 0.5) is 0 Å². The average molecular weight is 244 g/mol. The van der Waals surface area contributed by atoms with Gasteiger partial charge in [0, 0.05) is 17.8 Å². The molecule has 1 atom stereocenters. The fourth-order valence-corrected chi connectivity index (χ4v) is 2.60. The van der Waals surface area contributed by atoms with Crippen LogP contribution in [0.5, 0.6) is 0 Å².